The molecule has 1 aliphatic rings. The molecule has 1 aromatic rings. The van der Waals surface area contributed by atoms with Crippen molar-refractivity contribution in [3.8, 4) is 0 Å². The second-order valence-corrected chi connectivity index (χ2v) is 6.78. The fraction of sp³-hybridized carbons (Fsp3) is 0.538. The normalized spacial score (nSPS) is 20.1. The second-order valence-electron chi connectivity index (χ2n) is 4.89. The molecular formula is C13H20N4O3S. The quantitative estimate of drug-likeness (QED) is 0.822. The molecule has 0 aliphatic carbocycles. The van der Waals surface area contributed by atoms with Crippen molar-refractivity contribution in [2.24, 2.45) is 0 Å². The summed E-state index contributed by atoms with van der Waals surface area (Å²) in [4.78, 5) is 15.8. The number of hydrogen-bond acceptors (Lipinski definition) is 5. The summed E-state index contributed by atoms with van der Waals surface area (Å²) in [6.07, 6.45) is 2.29. The number of carbonyl (C=O) groups excluding carboxylic acids is 1. The molecule has 1 aromatic heterocycles. The smallest absolute Gasteiger partial charge is 0.245 e. The molecule has 1 atom stereocenters. The largest absolute Gasteiger partial charge is 0.370 e. The number of pyridine rings is 1. The number of anilines is 1. The minimum absolute atomic E-state index is 0.103. The predicted molar refractivity (Wildman–Crippen MR) is 79.4 cm³/mol. The lowest BCUT2D eigenvalue weighted by Crippen LogP contribution is -2.55. The number of carbonyl (C=O) groups is 1. The zero-order valence-corrected chi connectivity index (χ0v) is 13.0. The van der Waals surface area contributed by atoms with Crippen molar-refractivity contribution in [1.82, 2.24) is 14.6 Å². The van der Waals surface area contributed by atoms with E-state index in [1.54, 1.807) is 13.0 Å². The third-order valence-electron chi connectivity index (χ3n) is 3.34. The topological polar surface area (TPSA) is 91.4 Å². The predicted octanol–water partition coefficient (Wildman–Crippen LogP) is 0.413. The molecule has 2 rings (SSSR count). The van der Waals surface area contributed by atoms with Gasteiger partial charge in [-0.1, -0.05) is 6.92 Å². The summed E-state index contributed by atoms with van der Waals surface area (Å²) >= 11 is 0. The average molecular weight is 312 g/mol. The molecule has 1 saturated heterocycles. The summed E-state index contributed by atoms with van der Waals surface area (Å²) in [5.74, 6) is 0.360. The van der Waals surface area contributed by atoms with Gasteiger partial charge in [0.05, 0.1) is 0 Å². The molecule has 0 bridgehead atoms. The van der Waals surface area contributed by atoms with E-state index in [4.69, 9.17) is 0 Å². The highest BCUT2D eigenvalue weighted by Gasteiger charge is 2.35. The molecule has 0 saturated carbocycles. The Kier molecular flexibility index (Phi) is 4.79. The lowest BCUT2D eigenvalue weighted by molar-refractivity contribution is -0.126. The van der Waals surface area contributed by atoms with Gasteiger partial charge in [-0.2, -0.15) is 4.31 Å². The van der Waals surface area contributed by atoms with Gasteiger partial charge in [-0.3, -0.25) is 4.79 Å². The first-order chi connectivity index (χ1) is 9.96. The van der Waals surface area contributed by atoms with Crippen LogP contribution >= 0.6 is 0 Å². The molecule has 1 unspecified atom stereocenters. The summed E-state index contributed by atoms with van der Waals surface area (Å²) in [6.45, 7) is 4.99. The maximum absolute atomic E-state index is 12.6. The van der Waals surface area contributed by atoms with Crippen molar-refractivity contribution in [3.05, 3.63) is 18.3 Å². The number of aromatic nitrogens is 1. The summed E-state index contributed by atoms with van der Waals surface area (Å²) < 4.78 is 26.3. The lowest BCUT2D eigenvalue weighted by Gasteiger charge is -2.31. The number of rotatable bonds is 5. The third-order valence-corrected chi connectivity index (χ3v) is 5.30. The Bertz CT molecular complexity index is 600. The van der Waals surface area contributed by atoms with E-state index in [1.807, 2.05) is 6.92 Å². The van der Waals surface area contributed by atoms with E-state index in [2.05, 4.69) is 15.6 Å². The van der Waals surface area contributed by atoms with Gasteiger partial charge in [-0.05, 0) is 25.5 Å². The Labute approximate surface area is 124 Å². The SMILES string of the molecule is CCCNc1ccc(S(=O)(=O)N2CCNC(=O)C2C)cn1. The summed E-state index contributed by atoms with van der Waals surface area (Å²) in [5.41, 5.74) is 0. The van der Waals surface area contributed by atoms with Gasteiger partial charge in [-0.25, -0.2) is 13.4 Å². The molecule has 0 radical (unpaired) electrons. The molecular weight excluding hydrogens is 292 g/mol. The van der Waals surface area contributed by atoms with Gasteiger partial charge in [0.1, 0.15) is 16.8 Å². The van der Waals surface area contributed by atoms with E-state index in [1.165, 1.54) is 16.6 Å². The van der Waals surface area contributed by atoms with Crippen LogP contribution in [0.5, 0.6) is 0 Å². The Morgan fingerprint density at radius 2 is 2.24 bits per heavy atom. The first kappa shape index (κ1) is 15.7. The lowest BCUT2D eigenvalue weighted by atomic mass is 10.2. The molecule has 0 spiro atoms. The van der Waals surface area contributed by atoms with Crippen molar-refractivity contribution in [1.29, 1.82) is 0 Å². The highest BCUT2D eigenvalue weighted by Crippen LogP contribution is 2.20. The van der Waals surface area contributed by atoms with Gasteiger partial charge in [0, 0.05) is 25.8 Å². The maximum Gasteiger partial charge on any atom is 0.245 e. The Morgan fingerprint density at radius 1 is 1.48 bits per heavy atom. The zero-order chi connectivity index (χ0) is 15.5. The molecule has 8 heteroatoms. The van der Waals surface area contributed by atoms with Crippen LogP contribution in [-0.4, -0.2) is 49.3 Å². The highest BCUT2D eigenvalue weighted by molar-refractivity contribution is 7.89. The molecule has 1 fully saturated rings. The van der Waals surface area contributed by atoms with Crippen LogP contribution in [0.4, 0.5) is 5.82 Å². The van der Waals surface area contributed by atoms with Gasteiger partial charge < -0.3 is 10.6 Å². The number of sulfonamides is 1. The minimum Gasteiger partial charge on any atom is -0.370 e. The van der Waals surface area contributed by atoms with Crippen LogP contribution in [0.25, 0.3) is 0 Å². The molecule has 7 nitrogen and oxygen atoms in total. The van der Waals surface area contributed by atoms with Crippen molar-refractivity contribution in [2.75, 3.05) is 25.0 Å². The maximum atomic E-state index is 12.6. The number of nitrogens with one attached hydrogen (secondary N) is 2. The van der Waals surface area contributed by atoms with Crippen LogP contribution in [0.1, 0.15) is 20.3 Å². The Balaban J connectivity index is 2.21. The van der Waals surface area contributed by atoms with Gasteiger partial charge in [0.2, 0.25) is 15.9 Å². The minimum atomic E-state index is -3.70. The van der Waals surface area contributed by atoms with E-state index in [0.717, 1.165) is 13.0 Å². The first-order valence-corrected chi connectivity index (χ1v) is 8.40. The van der Waals surface area contributed by atoms with E-state index >= 15 is 0 Å². The van der Waals surface area contributed by atoms with Gasteiger partial charge in [0.25, 0.3) is 0 Å². The fourth-order valence-electron chi connectivity index (χ4n) is 2.12. The number of hydrogen-bond donors (Lipinski definition) is 2. The van der Waals surface area contributed by atoms with Crippen LogP contribution in [0.15, 0.2) is 23.2 Å². The van der Waals surface area contributed by atoms with Crippen LogP contribution < -0.4 is 10.6 Å². The van der Waals surface area contributed by atoms with Gasteiger partial charge in [-0.15, -0.1) is 0 Å². The average Bonchev–Trinajstić information content (AvgIpc) is 2.48. The van der Waals surface area contributed by atoms with Gasteiger partial charge >= 0.3 is 0 Å². The molecule has 116 valence electrons. The molecule has 1 aliphatic heterocycles. The zero-order valence-electron chi connectivity index (χ0n) is 12.2. The number of piperazine rings is 1. The van der Waals surface area contributed by atoms with Crippen LogP contribution in [-0.2, 0) is 14.8 Å². The van der Waals surface area contributed by atoms with Crippen molar-refractivity contribution in [3.63, 3.8) is 0 Å². The van der Waals surface area contributed by atoms with Crippen LogP contribution in [0.3, 0.4) is 0 Å². The highest BCUT2D eigenvalue weighted by atomic mass is 32.2. The third kappa shape index (κ3) is 3.33. The second kappa shape index (κ2) is 6.40. The standard InChI is InChI=1S/C13H20N4O3S/c1-3-6-14-12-5-4-11(9-16-12)21(19,20)17-8-7-15-13(18)10(17)2/h4-5,9-10H,3,6-8H2,1-2H3,(H,14,16)(H,15,18). The summed E-state index contributed by atoms with van der Waals surface area (Å²) in [7, 11) is -3.70. The summed E-state index contributed by atoms with van der Waals surface area (Å²) in [6, 6.07) is 2.44. The molecule has 2 heterocycles. The van der Waals surface area contributed by atoms with Crippen molar-refractivity contribution >= 4 is 21.7 Å². The molecule has 0 aromatic carbocycles. The van der Waals surface area contributed by atoms with E-state index in [9.17, 15) is 13.2 Å². The van der Waals surface area contributed by atoms with E-state index < -0.39 is 16.1 Å². The van der Waals surface area contributed by atoms with E-state index in [0.29, 0.717) is 12.4 Å². The Hall–Kier alpha value is -1.67. The number of nitrogens with zero attached hydrogens (tertiary/aromatic N) is 2. The summed E-state index contributed by atoms with van der Waals surface area (Å²) in [5, 5.41) is 5.73. The first-order valence-electron chi connectivity index (χ1n) is 6.96. The van der Waals surface area contributed by atoms with Gasteiger partial charge in [0.15, 0.2) is 0 Å². The molecule has 1 amide bonds. The van der Waals surface area contributed by atoms with Crippen LogP contribution in [0.2, 0.25) is 0 Å². The van der Waals surface area contributed by atoms with Crippen molar-refractivity contribution in [2.45, 2.75) is 31.2 Å². The molecule has 2 N–H and O–H groups in total. The van der Waals surface area contributed by atoms with E-state index in [-0.39, 0.29) is 17.3 Å². The van der Waals surface area contributed by atoms with Crippen molar-refractivity contribution < 1.29 is 13.2 Å². The molecule has 21 heavy (non-hydrogen) atoms. The monoisotopic (exact) mass is 312 g/mol. The van der Waals surface area contributed by atoms with Crippen LogP contribution in [0, 0.1) is 0 Å². The Morgan fingerprint density at radius 3 is 2.86 bits per heavy atom. The number of amides is 1. The fourth-order valence-corrected chi connectivity index (χ4v) is 3.66.